The Morgan fingerprint density at radius 3 is 2.27 bits per heavy atom. The zero-order valence-corrected chi connectivity index (χ0v) is 19.6. The fraction of sp³-hybridized carbons (Fsp3) is 0.357. The first-order valence-electron chi connectivity index (χ1n) is 11.7. The van der Waals surface area contributed by atoms with Gasteiger partial charge in [-0.1, -0.05) is 62.4 Å². The lowest BCUT2D eigenvalue weighted by atomic mass is 9.92. The Kier molecular flexibility index (Phi) is 6.97. The van der Waals surface area contributed by atoms with Crippen LogP contribution in [-0.2, 0) is 4.79 Å². The van der Waals surface area contributed by atoms with E-state index >= 15 is 0 Å². The topological polar surface area (TPSA) is 58.6 Å². The van der Waals surface area contributed by atoms with Gasteiger partial charge in [0.05, 0.1) is 13.2 Å². The van der Waals surface area contributed by atoms with E-state index < -0.39 is 0 Å². The molecule has 0 bridgehead atoms. The van der Waals surface area contributed by atoms with Gasteiger partial charge in [-0.15, -0.1) is 0 Å². The number of nitrogens with zero attached hydrogens (tertiary/aromatic N) is 1. The van der Waals surface area contributed by atoms with E-state index in [1.54, 1.807) is 7.11 Å². The lowest BCUT2D eigenvalue weighted by molar-refractivity contribution is -0.127. The van der Waals surface area contributed by atoms with E-state index in [-0.39, 0.29) is 29.7 Å². The molecule has 33 heavy (non-hydrogen) atoms. The average Bonchev–Trinajstić information content (AvgIpc) is 2.86. The van der Waals surface area contributed by atoms with Crippen molar-refractivity contribution in [2.45, 2.75) is 32.7 Å². The maximum atomic E-state index is 13.2. The highest BCUT2D eigenvalue weighted by atomic mass is 16.5. The number of likely N-dealkylation sites (tertiary alicyclic amines) is 1. The van der Waals surface area contributed by atoms with Gasteiger partial charge in [-0.3, -0.25) is 9.59 Å². The molecule has 1 heterocycles. The molecule has 4 rings (SSSR count). The number of nitrogens with one attached hydrogen (secondary N) is 1. The predicted molar refractivity (Wildman–Crippen MR) is 131 cm³/mol. The van der Waals surface area contributed by atoms with Crippen molar-refractivity contribution in [3.05, 3.63) is 77.9 Å². The van der Waals surface area contributed by atoms with Crippen molar-refractivity contribution in [2.24, 2.45) is 11.8 Å². The summed E-state index contributed by atoms with van der Waals surface area (Å²) in [5.41, 5.74) is 1.80. The molecule has 0 radical (unpaired) electrons. The number of hydrogen-bond acceptors (Lipinski definition) is 3. The number of hydrogen-bond donors (Lipinski definition) is 1. The minimum atomic E-state index is -0.0823. The Hall–Kier alpha value is -3.34. The maximum Gasteiger partial charge on any atom is 0.254 e. The predicted octanol–water partition coefficient (Wildman–Crippen LogP) is 5.21. The highest BCUT2D eigenvalue weighted by Crippen LogP contribution is 2.27. The smallest absolute Gasteiger partial charge is 0.254 e. The van der Waals surface area contributed by atoms with Gasteiger partial charge in [0.2, 0.25) is 5.91 Å². The largest absolute Gasteiger partial charge is 0.497 e. The van der Waals surface area contributed by atoms with Gasteiger partial charge in [0.1, 0.15) is 5.75 Å². The Morgan fingerprint density at radius 1 is 0.939 bits per heavy atom. The minimum Gasteiger partial charge on any atom is -0.497 e. The quantitative estimate of drug-likeness (QED) is 0.567. The fourth-order valence-corrected chi connectivity index (χ4v) is 4.64. The third-order valence-corrected chi connectivity index (χ3v) is 6.61. The highest BCUT2D eigenvalue weighted by molar-refractivity contribution is 6.07. The molecule has 172 valence electrons. The summed E-state index contributed by atoms with van der Waals surface area (Å²) in [5, 5.41) is 5.30. The molecule has 1 fully saturated rings. The van der Waals surface area contributed by atoms with Crippen molar-refractivity contribution in [3.8, 4) is 5.75 Å². The van der Waals surface area contributed by atoms with E-state index in [4.69, 9.17) is 4.74 Å². The monoisotopic (exact) mass is 444 g/mol. The number of ether oxygens (including phenoxy) is 1. The summed E-state index contributed by atoms with van der Waals surface area (Å²) in [4.78, 5) is 28.2. The second kappa shape index (κ2) is 10.1. The molecule has 1 saturated heterocycles. The summed E-state index contributed by atoms with van der Waals surface area (Å²) in [5.74, 6) is 1.10. The van der Waals surface area contributed by atoms with Crippen LogP contribution in [-0.4, -0.2) is 36.9 Å². The number of fused-ring (bicyclic) bond motifs is 1. The molecular weight excluding hydrogens is 412 g/mol. The SMILES string of the molecule is COc1ccc(C(NC(=O)C2CCN(C(=O)c3cccc4ccccc34)CC2)C(C)C)cc1. The second-order valence-electron chi connectivity index (χ2n) is 9.10. The fourth-order valence-electron chi connectivity index (χ4n) is 4.64. The van der Waals surface area contributed by atoms with Crippen molar-refractivity contribution in [1.29, 1.82) is 0 Å². The number of rotatable bonds is 6. The molecule has 1 unspecified atom stereocenters. The van der Waals surface area contributed by atoms with E-state index in [1.807, 2.05) is 71.6 Å². The van der Waals surface area contributed by atoms with Crippen LogP contribution < -0.4 is 10.1 Å². The number of benzene rings is 3. The average molecular weight is 445 g/mol. The van der Waals surface area contributed by atoms with Crippen LogP contribution in [0.25, 0.3) is 10.8 Å². The molecule has 0 aliphatic carbocycles. The molecular formula is C28H32N2O3. The summed E-state index contributed by atoms with van der Waals surface area (Å²) in [6, 6.07) is 21.6. The third-order valence-electron chi connectivity index (χ3n) is 6.61. The zero-order chi connectivity index (χ0) is 23.4. The van der Waals surface area contributed by atoms with Gasteiger partial charge >= 0.3 is 0 Å². The van der Waals surface area contributed by atoms with Crippen LogP contribution in [0.4, 0.5) is 0 Å². The number of carbonyl (C=O) groups excluding carboxylic acids is 2. The summed E-state index contributed by atoms with van der Waals surface area (Å²) >= 11 is 0. The van der Waals surface area contributed by atoms with Crippen molar-refractivity contribution in [2.75, 3.05) is 20.2 Å². The Labute approximate surface area is 195 Å². The van der Waals surface area contributed by atoms with Crippen LogP contribution >= 0.6 is 0 Å². The number of piperidine rings is 1. The standard InChI is InChI=1S/C28H32N2O3/c1-19(2)26(21-11-13-23(33-3)14-12-21)29-27(31)22-15-17-30(18-16-22)28(32)25-10-6-8-20-7-4-5-9-24(20)25/h4-14,19,22,26H,15-18H2,1-3H3,(H,29,31). The normalized spacial score (nSPS) is 15.5. The van der Waals surface area contributed by atoms with Crippen LogP contribution in [0.1, 0.15) is 48.7 Å². The van der Waals surface area contributed by atoms with Crippen LogP contribution in [0.5, 0.6) is 5.75 Å². The molecule has 1 aliphatic rings. The van der Waals surface area contributed by atoms with Gasteiger partial charge in [0.15, 0.2) is 0 Å². The van der Waals surface area contributed by atoms with E-state index in [9.17, 15) is 9.59 Å². The molecule has 1 aliphatic heterocycles. The van der Waals surface area contributed by atoms with E-state index in [1.165, 1.54) is 0 Å². The molecule has 5 nitrogen and oxygen atoms in total. The molecule has 3 aromatic rings. The van der Waals surface area contributed by atoms with E-state index in [2.05, 4.69) is 19.2 Å². The first kappa shape index (κ1) is 22.8. The number of methoxy groups -OCH3 is 1. The zero-order valence-electron chi connectivity index (χ0n) is 19.6. The summed E-state index contributed by atoms with van der Waals surface area (Å²) in [6.07, 6.45) is 1.35. The van der Waals surface area contributed by atoms with E-state index in [0.717, 1.165) is 27.6 Å². The summed E-state index contributed by atoms with van der Waals surface area (Å²) < 4.78 is 5.25. The van der Waals surface area contributed by atoms with Crippen molar-refractivity contribution >= 4 is 22.6 Å². The Bertz CT molecular complexity index is 1110. The van der Waals surface area contributed by atoms with Crippen molar-refractivity contribution < 1.29 is 14.3 Å². The van der Waals surface area contributed by atoms with Crippen LogP contribution in [0.15, 0.2) is 66.7 Å². The van der Waals surface area contributed by atoms with Gasteiger partial charge in [-0.2, -0.15) is 0 Å². The Balaban J connectivity index is 1.39. The van der Waals surface area contributed by atoms with Crippen LogP contribution in [0.2, 0.25) is 0 Å². The summed E-state index contributed by atoms with van der Waals surface area (Å²) in [6.45, 7) is 5.41. The van der Waals surface area contributed by atoms with Crippen LogP contribution in [0.3, 0.4) is 0 Å². The summed E-state index contributed by atoms with van der Waals surface area (Å²) in [7, 11) is 1.65. The first-order chi connectivity index (χ1) is 16.0. The minimum absolute atomic E-state index is 0.0453. The van der Waals surface area contributed by atoms with Crippen molar-refractivity contribution in [3.63, 3.8) is 0 Å². The van der Waals surface area contributed by atoms with Gasteiger partial charge in [0, 0.05) is 24.6 Å². The van der Waals surface area contributed by atoms with Gasteiger partial charge in [-0.05, 0) is 53.3 Å². The number of amides is 2. The van der Waals surface area contributed by atoms with E-state index in [0.29, 0.717) is 25.9 Å². The van der Waals surface area contributed by atoms with Gasteiger partial charge in [-0.25, -0.2) is 0 Å². The molecule has 3 aromatic carbocycles. The van der Waals surface area contributed by atoms with Crippen molar-refractivity contribution in [1.82, 2.24) is 10.2 Å². The lowest BCUT2D eigenvalue weighted by Crippen LogP contribution is -2.44. The molecule has 5 heteroatoms. The molecule has 2 amide bonds. The second-order valence-corrected chi connectivity index (χ2v) is 9.10. The molecule has 0 aromatic heterocycles. The lowest BCUT2D eigenvalue weighted by Gasteiger charge is -2.33. The molecule has 0 spiro atoms. The molecule has 1 atom stereocenters. The first-order valence-corrected chi connectivity index (χ1v) is 11.7. The third kappa shape index (κ3) is 5.03. The van der Waals surface area contributed by atoms with Gasteiger partial charge in [0.25, 0.3) is 5.91 Å². The maximum absolute atomic E-state index is 13.2. The Morgan fingerprint density at radius 2 is 1.61 bits per heavy atom. The molecule has 1 N–H and O–H groups in total. The highest BCUT2D eigenvalue weighted by Gasteiger charge is 2.30. The number of carbonyl (C=O) groups is 2. The van der Waals surface area contributed by atoms with Gasteiger partial charge < -0.3 is 15.0 Å². The molecule has 0 saturated carbocycles. The van der Waals surface area contributed by atoms with Crippen LogP contribution in [0, 0.1) is 11.8 Å².